The Labute approximate surface area is 114 Å². The van der Waals surface area contributed by atoms with Gasteiger partial charge in [0, 0.05) is 18.0 Å². The van der Waals surface area contributed by atoms with Crippen molar-refractivity contribution in [2.24, 2.45) is 5.84 Å². The van der Waals surface area contributed by atoms with Gasteiger partial charge in [-0.15, -0.1) is 0 Å². The monoisotopic (exact) mass is 281 g/mol. The fourth-order valence-electron chi connectivity index (χ4n) is 1.51. The number of nitrogens with two attached hydrogens (primary N) is 1. The van der Waals surface area contributed by atoms with Crippen molar-refractivity contribution in [3.05, 3.63) is 41.0 Å². The molecule has 2 rings (SSSR count). The summed E-state index contributed by atoms with van der Waals surface area (Å²) in [4.78, 5) is 15.8. The van der Waals surface area contributed by atoms with Crippen molar-refractivity contribution in [1.29, 1.82) is 0 Å². The number of rotatable bonds is 5. The van der Waals surface area contributed by atoms with Crippen LogP contribution in [-0.2, 0) is 6.42 Å². The third-order valence-electron chi connectivity index (χ3n) is 2.41. The number of nitrogens with zero attached hydrogens (tertiary/aromatic N) is 2. The van der Waals surface area contributed by atoms with Gasteiger partial charge in [0.1, 0.15) is 0 Å². The molecule has 1 amide bonds. The first-order chi connectivity index (χ1) is 9.20. The van der Waals surface area contributed by atoms with Gasteiger partial charge in [-0.2, -0.15) is 4.98 Å². The van der Waals surface area contributed by atoms with E-state index in [1.807, 2.05) is 0 Å². The summed E-state index contributed by atoms with van der Waals surface area (Å²) in [6.07, 6.45) is 1.77. The molecule has 1 aromatic heterocycles. The van der Waals surface area contributed by atoms with E-state index in [0.29, 0.717) is 35.1 Å². The van der Waals surface area contributed by atoms with Crippen LogP contribution in [0.25, 0.3) is 0 Å². The van der Waals surface area contributed by atoms with E-state index < -0.39 is 0 Å². The van der Waals surface area contributed by atoms with Crippen LogP contribution in [0, 0.1) is 0 Å². The number of carbonyl (C=O) groups excluding carboxylic acids is 1. The lowest BCUT2D eigenvalue weighted by Crippen LogP contribution is -2.27. The van der Waals surface area contributed by atoms with Crippen LogP contribution in [0.1, 0.15) is 16.2 Å². The van der Waals surface area contributed by atoms with E-state index in [1.165, 1.54) is 6.33 Å². The molecule has 0 aliphatic rings. The number of anilines is 1. The molecule has 19 heavy (non-hydrogen) atoms. The van der Waals surface area contributed by atoms with Crippen LogP contribution in [0.15, 0.2) is 29.0 Å². The van der Waals surface area contributed by atoms with E-state index >= 15 is 0 Å². The van der Waals surface area contributed by atoms with Crippen molar-refractivity contribution >= 4 is 23.2 Å². The van der Waals surface area contributed by atoms with Crippen molar-refractivity contribution in [3.63, 3.8) is 0 Å². The van der Waals surface area contributed by atoms with Crippen LogP contribution in [0.3, 0.4) is 0 Å². The average molecular weight is 282 g/mol. The van der Waals surface area contributed by atoms with Crippen LogP contribution < -0.4 is 16.6 Å². The Balaban J connectivity index is 1.97. The van der Waals surface area contributed by atoms with Crippen LogP contribution in [0.4, 0.5) is 5.69 Å². The van der Waals surface area contributed by atoms with Gasteiger partial charge in [-0.1, -0.05) is 16.8 Å². The number of hydrogen-bond acceptors (Lipinski definition) is 6. The maximum absolute atomic E-state index is 12.0. The fourth-order valence-corrected chi connectivity index (χ4v) is 1.69. The minimum absolute atomic E-state index is 0.282. The Morgan fingerprint density at radius 2 is 2.32 bits per heavy atom. The molecular weight excluding hydrogens is 270 g/mol. The van der Waals surface area contributed by atoms with Gasteiger partial charge >= 0.3 is 0 Å². The molecule has 0 radical (unpaired) electrons. The zero-order valence-electron chi connectivity index (χ0n) is 9.89. The van der Waals surface area contributed by atoms with E-state index in [0.717, 1.165) is 0 Å². The van der Waals surface area contributed by atoms with Gasteiger partial charge in [-0.3, -0.25) is 10.6 Å². The predicted molar refractivity (Wildman–Crippen MR) is 69.6 cm³/mol. The predicted octanol–water partition coefficient (Wildman–Crippen LogP) is 0.981. The summed E-state index contributed by atoms with van der Waals surface area (Å²) in [5.41, 5.74) is 3.32. The lowest BCUT2D eigenvalue weighted by atomic mass is 10.1. The first-order valence-corrected chi connectivity index (χ1v) is 5.88. The lowest BCUT2D eigenvalue weighted by Gasteiger charge is -2.09. The second kappa shape index (κ2) is 6.17. The number of nitrogen functional groups attached to an aromatic ring is 1. The normalized spacial score (nSPS) is 10.2. The SMILES string of the molecule is NNc1ccc(Cl)cc1C(=O)NCCc1ncno1. The summed E-state index contributed by atoms with van der Waals surface area (Å²) >= 11 is 5.85. The van der Waals surface area contributed by atoms with Crippen LogP contribution >= 0.6 is 11.6 Å². The Morgan fingerprint density at radius 3 is 3.00 bits per heavy atom. The summed E-state index contributed by atoms with van der Waals surface area (Å²) in [6.45, 7) is 0.373. The smallest absolute Gasteiger partial charge is 0.253 e. The van der Waals surface area contributed by atoms with E-state index in [1.54, 1.807) is 18.2 Å². The topological polar surface area (TPSA) is 106 Å². The average Bonchev–Trinajstić information content (AvgIpc) is 2.91. The molecule has 4 N–H and O–H groups in total. The molecule has 0 fully saturated rings. The van der Waals surface area contributed by atoms with Crippen molar-refractivity contribution < 1.29 is 9.32 Å². The highest BCUT2D eigenvalue weighted by molar-refractivity contribution is 6.31. The largest absolute Gasteiger partial charge is 0.351 e. The summed E-state index contributed by atoms with van der Waals surface area (Å²) < 4.78 is 4.82. The molecule has 0 saturated carbocycles. The minimum Gasteiger partial charge on any atom is -0.351 e. The molecule has 2 aromatic rings. The van der Waals surface area contributed by atoms with Crippen molar-refractivity contribution in [3.8, 4) is 0 Å². The van der Waals surface area contributed by atoms with E-state index in [2.05, 4.69) is 20.9 Å². The molecule has 1 heterocycles. The van der Waals surface area contributed by atoms with E-state index in [9.17, 15) is 4.79 Å². The molecule has 0 unspecified atom stereocenters. The highest BCUT2D eigenvalue weighted by atomic mass is 35.5. The summed E-state index contributed by atoms with van der Waals surface area (Å²) in [6, 6.07) is 4.82. The number of amides is 1. The highest BCUT2D eigenvalue weighted by Crippen LogP contribution is 2.19. The number of benzene rings is 1. The van der Waals surface area contributed by atoms with Crippen LogP contribution in [0.5, 0.6) is 0 Å². The number of aromatic nitrogens is 2. The van der Waals surface area contributed by atoms with E-state index in [-0.39, 0.29) is 5.91 Å². The fraction of sp³-hybridized carbons (Fsp3) is 0.182. The molecule has 0 spiro atoms. The number of halogens is 1. The van der Waals surface area contributed by atoms with Crippen molar-refractivity contribution in [2.45, 2.75) is 6.42 Å². The molecule has 0 atom stereocenters. The van der Waals surface area contributed by atoms with E-state index in [4.69, 9.17) is 22.0 Å². The van der Waals surface area contributed by atoms with Crippen molar-refractivity contribution in [2.75, 3.05) is 12.0 Å². The quantitative estimate of drug-likeness (QED) is 0.557. The first kappa shape index (κ1) is 13.3. The molecule has 100 valence electrons. The van der Waals surface area contributed by atoms with Gasteiger partial charge in [0.05, 0.1) is 11.3 Å². The van der Waals surface area contributed by atoms with Crippen molar-refractivity contribution in [1.82, 2.24) is 15.5 Å². The molecule has 0 bridgehead atoms. The molecule has 7 nitrogen and oxygen atoms in total. The van der Waals surface area contributed by atoms with Crippen LogP contribution in [0.2, 0.25) is 5.02 Å². The van der Waals surface area contributed by atoms with Gasteiger partial charge in [0.15, 0.2) is 6.33 Å². The lowest BCUT2D eigenvalue weighted by molar-refractivity contribution is 0.0954. The van der Waals surface area contributed by atoms with Gasteiger partial charge in [-0.25, -0.2) is 0 Å². The zero-order chi connectivity index (χ0) is 13.7. The number of nitrogens with one attached hydrogen (secondary N) is 2. The van der Waals surface area contributed by atoms with Gasteiger partial charge < -0.3 is 15.3 Å². The Bertz CT molecular complexity index is 558. The molecule has 0 saturated heterocycles. The summed E-state index contributed by atoms with van der Waals surface area (Å²) in [5.74, 6) is 5.52. The minimum atomic E-state index is -0.282. The third kappa shape index (κ3) is 3.43. The Hall–Kier alpha value is -2.12. The number of hydrogen-bond donors (Lipinski definition) is 3. The molecule has 0 aliphatic carbocycles. The number of hydrazine groups is 1. The Kier molecular flexibility index (Phi) is 4.32. The number of carbonyl (C=O) groups is 1. The second-order valence-electron chi connectivity index (χ2n) is 3.68. The van der Waals surface area contributed by atoms with Gasteiger partial charge in [-0.05, 0) is 18.2 Å². The first-order valence-electron chi connectivity index (χ1n) is 5.50. The Morgan fingerprint density at radius 1 is 1.47 bits per heavy atom. The maximum Gasteiger partial charge on any atom is 0.253 e. The van der Waals surface area contributed by atoms with Crippen LogP contribution in [-0.4, -0.2) is 22.6 Å². The third-order valence-corrected chi connectivity index (χ3v) is 2.65. The highest BCUT2D eigenvalue weighted by Gasteiger charge is 2.11. The molecular formula is C11H12ClN5O2. The summed E-state index contributed by atoms with van der Waals surface area (Å²) in [7, 11) is 0. The molecule has 1 aromatic carbocycles. The maximum atomic E-state index is 12.0. The standard InChI is InChI=1S/C11H12ClN5O2/c12-7-1-2-9(17-13)8(5-7)11(18)14-4-3-10-15-6-16-19-10/h1-2,5-6,17H,3-4,13H2,(H,14,18). The summed E-state index contributed by atoms with van der Waals surface area (Å²) in [5, 5.41) is 6.65. The van der Waals surface area contributed by atoms with Gasteiger partial charge in [0.2, 0.25) is 5.89 Å². The van der Waals surface area contributed by atoms with Gasteiger partial charge in [0.25, 0.3) is 5.91 Å². The second-order valence-corrected chi connectivity index (χ2v) is 4.11. The molecule has 8 heteroatoms. The zero-order valence-corrected chi connectivity index (χ0v) is 10.6. The molecule has 0 aliphatic heterocycles.